The molecule has 172 valence electrons. The van der Waals surface area contributed by atoms with Crippen LogP contribution in [0.4, 0.5) is 5.69 Å². The standard InChI is InChI=1S/C25H28N4O4/c1-32-20-12-10-19(11-13-20)29(25(31)22-14-15-26-28-22)23(17-6-5-9-21(16-17)33-2)24(30)27-18-7-3-4-8-18/h5-6,9-16,18,23H,3-4,7-8H2,1-2H3,(H,26,28)(H,27,30). The first kappa shape index (κ1) is 22.4. The molecule has 0 saturated heterocycles. The van der Waals surface area contributed by atoms with Gasteiger partial charge in [0.2, 0.25) is 5.91 Å². The zero-order chi connectivity index (χ0) is 23.2. The molecule has 1 aliphatic rings. The molecule has 1 saturated carbocycles. The zero-order valence-corrected chi connectivity index (χ0v) is 18.8. The molecule has 0 aliphatic heterocycles. The quantitative estimate of drug-likeness (QED) is 0.545. The number of methoxy groups -OCH3 is 2. The highest BCUT2D eigenvalue weighted by Gasteiger charge is 2.35. The maximum Gasteiger partial charge on any atom is 0.277 e. The van der Waals surface area contributed by atoms with Crippen molar-refractivity contribution in [3.63, 3.8) is 0 Å². The van der Waals surface area contributed by atoms with E-state index in [4.69, 9.17) is 9.47 Å². The van der Waals surface area contributed by atoms with Crippen LogP contribution in [0.15, 0.2) is 60.8 Å². The van der Waals surface area contributed by atoms with Crippen molar-refractivity contribution in [2.45, 2.75) is 37.8 Å². The number of anilines is 1. The number of nitrogens with one attached hydrogen (secondary N) is 2. The Morgan fingerprint density at radius 1 is 1.03 bits per heavy atom. The largest absolute Gasteiger partial charge is 0.497 e. The van der Waals surface area contributed by atoms with Crippen molar-refractivity contribution in [3.05, 3.63) is 72.1 Å². The number of aromatic amines is 1. The maximum atomic E-state index is 13.7. The Morgan fingerprint density at radius 2 is 1.76 bits per heavy atom. The van der Waals surface area contributed by atoms with Crippen molar-refractivity contribution in [3.8, 4) is 11.5 Å². The number of benzene rings is 2. The fourth-order valence-electron chi connectivity index (χ4n) is 4.21. The van der Waals surface area contributed by atoms with Crippen LogP contribution < -0.4 is 19.7 Å². The maximum absolute atomic E-state index is 13.7. The van der Waals surface area contributed by atoms with Crippen LogP contribution in [-0.4, -0.2) is 42.3 Å². The van der Waals surface area contributed by atoms with Gasteiger partial charge in [-0.2, -0.15) is 5.10 Å². The van der Waals surface area contributed by atoms with Gasteiger partial charge in [-0.3, -0.25) is 19.6 Å². The lowest BCUT2D eigenvalue weighted by atomic mass is 10.0. The minimum absolute atomic E-state index is 0.102. The Balaban J connectivity index is 1.81. The van der Waals surface area contributed by atoms with Crippen molar-refractivity contribution in [1.29, 1.82) is 0 Å². The van der Waals surface area contributed by atoms with Gasteiger partial charge >= 0.3 is 0 Å². The predicted molar refractivity (Wildman–Crippen MR) is 125 cm³/mol. The van der Waals surface area contributed by atoms with Crippen LogP contribution in [0.3, 0.4) is 0 Å². The summed E-state index contributed by atoms with van der Waals surface area (Å²) < 4.78 is 10.7. The summed E-state index contributed by atoms with van der Waals surface area (Å²) in [5, 5.41) is 9.81. The van der Waals surface area contributed by atoms with Crippen LogP contribution in [0, 0.1) is 0 Å². The first-order chi connectivity index (χ1) is 16.1. The molecule has 33 heavy (non-hydrogen) atoms. The molecule has 1 aliphatic carbocycles. The van der Waals surface area contributed by atoms with Gasteiger partial charge in [-0.15, -0.1) is 0 Å². The zero-order valence-electron chi connectivity index (χ0n) is 18.8. The molecule has 8 heteroatoms. The SMILES string of the molecule is COc1ccc(N(C(=O)c2ccn[nH]2)C(C(=O)NC2CCCC2)c2cccc(OC)c2)cc1. The summed E-state index contributed by atoms with van der Waals surface area (Å²) in [5.74, 6) is 0.654. The van der Waals surface area contributed by atoms with Gasteiger partial charge < -0.3 is 14.8 Å². The predicted octanol–water partition coefficient (Wildman–Crippen LogP) is 3.87. The molecular formula is C25H28N4O4. The topological polar surface area (TPSA) is 96.5 Å². The van der Waals surface area contributed by atoms with Crippen LogP contribution in [0.2, 0.25) is 0 Å². The molecule has 0 bridgehead atoms. The molecule has 2 amide bonds. The first-order valence-corrected chi connectivity index (χ1v) is 11.0. The lowest BCUT2D eigenvalue weighted by Gasteiger charge is -2.32. The Kier molecular flexibility index (Phi) is 6.92. The van der Waals surface area contributed by atoms with Gasteiger partial charge in [0.25, 0.3) is 5.91 Å². The second-order valence-corrected chi connectivity index (χ2v) is 8.01. The van der Waals surface area contributed by atoms with Crippen LogP contribution in [-0.2, 0) is 4.79 Å². The molecule has 4 rings (SSSR count). The van der Waals surface area contributed by atoms with Gasteiger partial charge in [0, 0.05) is 17.9 Å². The summed E-state index contributed by atoms with van der Waals surface area (Å²) in [5.41, 5.74) is 1.49. The Morgan fingerprint density at radius 3 is 2.39 bits per heavy atom. The Hall–Kier alpha value is -3.81. The van der Waals surface area contributed by atoms with E-state index in [0.717, 1.165) is 25.7 Å². The fraction of sp³-hybridized carbons (Fsp3) is 0.320. The average Bonchev–Trinajstić information content (AvgIpc) is 3.57. The second-order valence-electron chi connectivity index (χ2n) is 8.01. The average molecular weight is 449 g/mol. The van der Waals surface area contributed by atoms with Crippen molar-refractivity contribution in [1.82, 2.24) is 15.5 Å². The molecule has 1 aromatic heterocycles. The number of hydrogen-bond donors (Lipinski definition) is 2. The summed E-state index contributed by atoms with van der Waals surface area (Å²) >= 11 is 0. The summed E-state index contributed by atoms with van der Waals surface area (Å²) in [4.78, 5) is 28.9. The molecule has 0 spiro atoms. The third-order valence-electron chi connectivity index (χ3n) is 5.92. The summed E-state index contributed by atoms with van der Waals surface area (Å²) in [6.45, 7) is 0. The van der Waals surface area contributed by atoms with Crippen molar-refractivity contribution in [2.24, 2.45) is 0 Å². The Bertz CT molecular complexity index is 1080. The number of rotatable bonds is 8. The first-order valence-electron chi connectivity index (χ1n) is 11.0. The molecule has 1 atom stereocenters. The molecule has 1 fully saturated rings. The Labute approximate surface area is 192 Å². The van der Waals surface area contributed by atoms with Crippen molar-refractivity contribution < 1.29 is 19.1 Å². The van der Waals surface area contributed by atoms with Gasteiger partial charge in [-0.1, -0.05) is 25.0 Å². The second kappa shape index (κ2) is 10.2. The molecule has 3 aromatic rings. The minimum Gasteiger partial charge on any atom is -0.497 e. The summed E-state index contributed by atoms with van der Waals surface area (Å²) in [6.07, 6.45) is 5.56. The fourth-order valence-corrected chi connectivity index (χ4v) is 4.21. The smallest absolute Gasteiger partial charge is 0.277 e. The lowest BCUT2D eigenvalue weighted by molar-refractivity contribution is -0.123. The number of aromatic nitrogens is 2. The number of amides is 2. The molecule has 8 nitrogen and oxygen atoms in total. The van der Waals surface area contributed by atoms with E-state index in [0.29, 0.717) is 22.7 Å². The van der Waals surface area contributed by atoms with Crippen LogP contribution in [0.1, 0.15) is 47.8 Å². The van der Waals surface area contributed by atoms with Gasteiger partial charge in [-0.25, -0.2) is 0 Å². The van der Waals surface area contributed by atoms with E-state index < -0.39 is 6.04 Å². The number of ether oxygens (including phenoxy) is 2. The van der Waals surface area contributed by atoms with Crippen molar-refractivity contribution >= 4 is 17.5 Å². The van der Waals surface area contributed by atoms with E-state index in [-0.39, 0.29) is 23.6 Å². The molecular weight excluding hydrogens is 420 g/mol. The highest BCUT2D eigenvalue weighted by atomic mass is 16.5. The van der Waals surface area contributed by atoms with Gasteiger partial charge in [0.05, 0.1) is 14.2 Å². The van der Waals surface area contributed by atoms with Crippen molar-refractivity contribution in [2.75, 3.05) is 19.1 Å². The number of hydrogen-bond acceptors (Lipinski definition) is 5. The molecule has 2 N–H and O–H groups in total. The van der Waals surface area contributed by atoms with Gasteiger partial charge in [0.1, 0.15) is 23.2 Å². The third kappa shape index (κ3) is 5.00. The minimum atomic E-state index is -0.912. The van der Waals surface area contributed by atoms with E-state index >= 15 is 0 Å². The molecule has 2 aromatic carbocycles. The molecule has 1 heterocycles. The number of nitrogens with zero attached hydrogens (tertiary/aromatic N) is 2. The van der Waals surface area contributed by atoms with Crippen LogP contribution in [0.25, 0.3) is 0 Å². The van der Waals surface area contributed by atoms with E-state index in [9.17, 15) is 9.59 Å². The lowest BCUT2D eigenvalue weighted by Crippen LogP contribution is -2.46. The van der Waals surface area contributed by atoms with E-state index in [1.165, 1.54) is 11.1 Å². The van der Waals surface area contributed by atoms with Crippen LogP contribution >= 0.6 is 0 Å². The highest BCUT2D eigenvalue weighted by Crippen LogP contribution is 2.33. The normalized spacial score (nSPS) is 14.5. The number of carbonyl (C=O) groups is 2. The monoisotopic (exact) mass is 448 g/mol. The molecule has 0 radical (unpaired) electrons. The van der Waals surface area contributed by atoms with Gasteiger partial charge in [0.15, 0.2) is 0 Å². The summed E-state index contributed by atoms with van der Waals surface area (Å²) in [6, 6.07) is 15.1. The van der Waals surface area contributed by atoms with E-state index in [2.05, 4.69) is 15.5 Å². The van der Waals surface area contributed by atoms with E-state index in [1.807, 2.05) is 18.2 Å². The third-order valence-corrected chi connectivity index (χ3v) is 5.92. The number of carbonyl (C=O) groups excluding carboxylic acids is 2. The number of H-pyrrole nitrogens is 1. The molecule has 1 unspecified atom stereocenters. The summed E-state index contributed by atoms with van der Waals surface area (Å²) in [7, 11) is 3.15. The van der Waals surface area contributed by atoms with Gasteiger partial charge in [-0.05, 0) is 60.9 Å². The highest BCUT2D eigenvalue weighted by molar-refractivity contribution is 6.09. The van der Waals surface area contributed by atoms with E-state index in [1.54, 1.807) is 50.6 Å². The van der Waals surface area contributed by atoms with Crippen LogP contribution in [0.5, 0.6) is 11.5 Å².